The summed E-state index contributed by atoms with van der Waals surface area (Å²) in [6.07, 6.45) is 4.72. The molecule has 0 unspecified atom stereocenters. The number of hydrogen-bond acceptors (Lipinski definition) is 13. The minimum absolute atomic E-state index is 0.0160. The van der Waals surface area contributed by atoms with Crippen LogP contribution in [0.1, 0.15) is 83.3 Å². The Hall–Kier alpha value is -6.12. The highest BCUT2D eigenvalue weighted by Gasteiger charge is 2.38. The third kappa shape index (κ3) is 17.5. The van der Waals surface area contributed by atoms with Crippen molar-refractivity contribution in [2.24, 2.45) is 5.41 Å². The van der Waals surface area contributed by atoms with E-state index in [1.165, 1.54) is 44.2 Å². The number of carbonyl (C=O) groups is 6. The lowest BCUT2D eigenvalue weighted by Crippen LogP contribution is -2.44. The molecule has 0 aliphatic carbocycles. The SMILES string of the molecule is C=C(C)C(=O)OCCCc1cc(-c2c(F)cc(CCCCCCC)cc2F)ccc1OCC(COC(=O)CC(=C)C(=O)OC)(COC(=O)CC(=C)C(=O)OC)COC(=O)C(=C)C. The van der Waals surface area contributed by atoms with E-state index in [0.717, 1.165) is 46.3 Å². The molecule has 0 fully saturated rings. The molecule has 2 rings (SSSR count). The van der Waals surface area contributed by atoms with Crippen LogP contribution < -0.4 is 4.74 Å². The summed E-state index contributed by atoms with van der Waals surface area (Å²) < 4.78 is 68.7. The zero-order chi connectivity index (χ0) is 46.4. The van der Waals surface area contributed by atoms with Gasteiger partial charge in [-0.2, -0.15) is 0 Å². The van der Waals surface area contributed by atoms with Gasteiger partial charge in [0, 0.05) is 22.3 Å². The Morgan fingerprint density at radius 3 is 1.65 bits per heavy atom. The minimum Gasteiger partial charge on any atom is -0.492 e. The van der Waals surface area contributed by atoms with Gasteiger partial charge >= 0.3 is 35.8 Å². The Morgan fingerprint density at radius 2 is 1.13 bits per heavy atom. The average Bonchev–Trinajstić information content (AvgIpc) is 3.23. The molecule has 15 heteroatoms. The van der Waals surface area contributed by atoms with Gasteiger partial charge in [-0.25, -0.2) is 28.0 Å². The van der Waals surface area contributed by atoms with Crippen molar-refractivity contribution in [3.8, 4) is 16.9 Å². The second kappa shape index (κ2) is 26.3. The highest BCUT2D eigenvalue weighted by atomic mass is 19.1. The Morgan fingerprint density at radius 1 is 0.613 bits per heavy atom. The van der Waals surface area contributed by atoms with Crippen LogP contribution in [0.15, 0.2) is 78.9 Å². The predicted octanol–water partition coefficient (Wildman–Crippen LogP) is 8.01. The fourth-order valence-corrected chi connectivity index (χ4v) is 5.77. The van der Waals surface area contributed by atoms with E-state index < -0.39 is 92.1 Å². The van der Waals surface area contributed by atoms with Gasteiger partial charge in [-0.15, -0.1) is 0 Å². The first kappa shape index (κ1) is 52.0. The topological polar surface area (TPSA) is 167 Å². The lowest BCUT2D eigenvalue weighted by molar-refractivity contribution is -0.163. The summed E-state index contributed by atoms with van der Waals surface area (Å²) in [6, 6.07) is 7.09. The van der Waals surface area contributed by atoms with Crippen LogP contribution in [0, 0.1) is 17.0 Å². The molecule has 2 aromatic carbocycles. The number of halogens is 2. The molecule has 62 heavy (non-hydrogen) atoms. The molecule has 0 radical (unpaired) electrons. The van der Waals surface area contributed by atoms with Crippen LogP contribution in [-0.4, -0.2) is 83.1 Å². The van der Waals surface area contributed by atoms with Gasteiger partial charge in [-0.3, -0.25) is 9.59 Å². The first-order chi connectivity index (χ1) is 29.4. The van der Waals surface area contributed by atoms with Crippen LogP contribution in [0.5, 0.6) is 5.75 Å². The third-order valence-electron chi connectivity index (χ3n) is 9.33. The molecule has 13 nitrogen and oxygen atoms in total. The van der Waals surface area contributed by atoms with Crippen molar-refractivity contribution in [3.05, 3.63) is 102 Å². The molecule has 0 atom stereocenters. The highest BCUT2D eigenvalue weighted by molar-refractivity contribution is 5.94. The fraction of sp³-hybridized carbons (Fsp3) is 0.447. The number of ether oxygens (including phenoxy) is 7. The molecule has 338 valence electrons. The summed E-state index contributed by atoms with van der Waals surface area (Å²) in [5.41, 5.74) is -1.02. The van der Waals surface area contributed by atoms with E-state index in [1.807, 2.05) is 0 Å². The maximum Gasteiger partial charge on any atom is 0.333 e. The summed E-state index contributed by atoms with van der Waals surface area (Å²) in [5.74, 6) is -6.39. The molecular formula is C47H58F2O13. The van der Waals surface area contributed by atoms with Crippen molar-refractivity contribution in [1.82, 2.24) is 0 Å². The van der Waals surface area contributed by atoms with Gasteiger partial charge in [0.1, 0.15) is 49.2 Å². The van der Waals surface area contributed by atoms with Crippen LogP contribution in [-0.2, 0) is 70.0 Å². The van der Waals surface area contributed by atoms with E-state index in [4.69, 9.17) is 23.7 Å². The van der Waals surface area contributed by atoms with E-state index >= 15 is 8.78 Å². The number of methoxy groups -OCH3 is 2. The number of aryl methyl sites for hydroxylation is 2. The second-order valence-electron chi connectivity index (χ2n) is 15.0. The third-order valence-corrected chi connectivity index (χ3v) is 9.33. The van der Waals surface area contributed by atoms with Gasteiger partial charge in [0.15, 0.2) is 0 Å². The zero-order valence-electron chi connectivity index (χ0n) is 36.4. The van der Waals surface area contributed by atoms with Crippen molar-refractivity contribution >= 4 is 35.8 Å². The molecule has 0 N–H and O–H groups in total. The van der Waals surface area contributed by atoms with Gasteiger partial charge in [0.05, 0.1) is 39.2 Å². The largest absolute Gasteiger partial charge is 0.492 e. The molecule has 0 aromatic heterocycles. The molecule has 0 bridgehead atoms. The summed E-state index contributed by atoms with van der Waals surface area (Å²) in [5, 5.41) is 0. The standard InChI is InChI=1S/C47H58F2O13/c1-10-11-12-13-14-16-34-23-37(48)42(38(49)24-34)36-18-19-39(35(25-36)17-15-20-58-43(52)30(2)3)59-26-47(29-62-44(53)31(4)5,27-60-40(50)21-32(6)45(54)56-8)28-61-41(51)22-33(7)46(55)57-9/h18-19,23-25H,2,4,6-7,10-17,20-22,26-29H2,1,3,5,8-9H3. The molecule has 0 aliphatic heterocycles. The smallest absolute Gasteiger partial charge is 0.333 e. The molecule has 0 saturated carbocycles. The number of benzene rings is 2. The summed E-state index contributed by atoms with van der Waals surface area (Å²) in [6.45, 7) is 16.8. The quantitative estimate of drug-likeness (QED) is 0.0350. The Balaban J connectivity index is 2.60. The van der Waals surface area contributed by atoms with Gasteiger partial charge in [0.25, 0.3) is 0 Å². The molecule has 0 aliphatic rings. The minimum atomic E-state index is -1.67. The normalized spacial score (nSPS) is 10.8. The van der Waals surface area contributed by atoms with Crippen molar-refractivity contribution in [1.29, 1.82) is 0 Å². The zero-order valence-corrected chi connectivity index (χ0v) is 36.4. The monoisotopic (exact) mass is 868 g/mol. The number of carbonyl (C=O) groups excluding carboxylic acids is 6. The summed E-state index contributed by atoms with van der Waals surface area (Å²) in [7, 11) is 2.21. The Labute approximate surface area is 362 Å². The van der Waals surface area contributed by atoms with Crippen LogP contribution in [0.4, 0.5) is 8.78 Å². The maximum absolute atomic E-state index is 15.7. The van der Waals surface area contributed by atoms with Crippen molar-refractivity contribution in [2.75, 3.05) is 47.3 Å². The number of hydrogen-bond donors (Lipinski definition) is 0. The van der Waals surface area contributed by atoms with Crippen molar-refractivity contribution < 1.29 is 70.7 Å². The van der Waals surface area contributed by atoms with Gasteiger partial charge in [-0.05, 0) is 80.5 Å². The fourth-order valence-electron chi connectivity index (χ4n) is 5.77. The predicted molar refractivity (Wildman–Crippen MR) is 226 cm³/mol. The van der Waals surface area contributed by atoms with E-state index in [1.54, 1.807) is 0 Å². The number of rotatable bonds is 28. The molecule has 0 saturated heterocycles. The molecular weight excluding hydrogens is 811 g/mol. The van der Waals surface area contributed by atoms with Crippen LogP contribution in [0.25, 0.3) is 11.1 Å². The highest BCUT2D eigenvalue weighted by Crippen LogP contribution is 2.34. The van der Waals surface area contributed by atoms with Crippen LogP contribution in [0.3, 0.4) is 0 Å². The molecule has 0 heterocycles. The second-order valence-corrected chi connectivity index (χ2v) is 15.0. The lowest BCUT2D eigenvalue weighted by Gasteiger charge is -2.32. The van der Waals surface area contributed by atoms with Crippen LogP contribution in [0.2, 0.25) is 0 Å². The van der Waals surface area contributed by atoms with Gasteiger partial charge < -0.3 is 33.2 Å². The maximum atomic E-state index is 15.7. The van der Waals surface area contributed by atoms with Gasteiger partial charge in [0.2, 0.25) is 0 Å². The van der Waals surface area contributed by atoms with E-state index in [2.05, 4.69) is 42.7 Å². The van der Waals surface area contributed by atoms with Gasteiger partial charge in [-0.1, -0.05) is 65.0 Å². The first-order valence-corrected chi connectivity index (χ1v) is 20.1. The van der Waals surface area contributed by atoms with E-state index in [0.29, 0.717) is 17.5 Å². The van der Waals surface area contributed by atoms with E-state index in [-0.39, 0.29) is 58.6 Å². The number of esters is 6. The summed E-state index contributed by atoms with van der Waals surface area (Å²) in [4.78, 5) is 74.5. The van der Waals surface area contributed by atoms with E-state index in [9.17, 15) is 28.8 Å². The van der Waals surface area contributed by atoms with Crippen molar-refractivity contribution in [2.45, 2.75) is 85.0 Å². The van der Waals surface area contributed by atoms with Crippen LogP contribution >= 0.6 is 0 Å². The Kier molecular flexibility index (Phi) is 22.0. The average molecular weight is 869 g/mol. The Bertz CT molecular complexity index is 1910. The number of unbranched alkanes of at least 4 members (excludes halogenated alkanes) is 4. The molecule has 2 aromatic rings. The van der Waals surface area contributed by atoms with Crippen molar-refractivity contribution in [3.63, 3.8) is 0 Å². The summed E-state index contributed by atoms with van der Waals surface area (Å²) >= 11 is 0. The first-order valence-electron chi connectivity index (χ1n) is 20.1. The molecule has 0 spiro atoms. The molecule has 0 amide bonds. The lowest BCUT2D eigenvalue weighted by atomic mass is 9.91.